The third-order valence-corrected chi connectivity index (χ3v) is 4.27. The van der Waals surface area contributed by atoms with Gasteiger partial charge in [-0.05, 0) is 49.5 Å². The number of esters is 1. The van der Waals surface area contributed by atoms with Crippen molar-refractivity contribution in [3.05, 3.63) is 59.7 Å². The monoisotopic (exact) mass is 370 g/mol. The summed E-state index contributed by atoms with van der Waals surface area (Å²) in [5, 5.41) is 2.79. The zero-order valence-corrected chi connectivity index (χ0v) is 16.0. The van der Waals surface area contributed by atoms with Gasteiger partial charge >= 0.3 is 5.97 Å². The van der Waals surface area contributed by atoms with Crippen molar-refractivity contribution in [1.29, 1.82) is 0 Å². The SMILES string of the molecule is CCN(CC)CCOC(=O)c1ccc(NC(=O)c2ccccc2OC)cc1. The van der Waals surface area contributed by atoms with E-state index in [0.717, 1.165) is 13.1 Å². The fourth-order valence-electron chi connectivity index (χ4n) is 2.61. The van der Waals surface area contributed by atoms with E-state index in [1.165, 1.54) is 7.11 Å². The molecule has 0 aliphatic heterocycles. The van der Waals surface area contributed by atoms with Crippen molar-refractivity contribution in [2.75, 3.05) is 38.7 Å². The quantitative estimate of drug-likeness (QED) is 0.685. The molecule has 0 atom stereocenters. The van der Waals surface area contributed by atoms with Crippen molar-refractivity contribution < 1.29 is 19.1 Å². The van der Waals surface area contributed by atoms with Gasteiger partial charge in [0, 0.05) is 12.2 Å². The van der Waals surface area contributed by atoms with Gasteiger partial charge < -0.3 is 19.7 Å². The van der Waals surface area contributed by atoms with Gasteiger partial charge in [0.25, 0.3) is 5.91 Å². The van der Waals surface area contributed by atoms with Gasteiger partial charge in [-0.25, -0.2) is 4.79 Å². The first-order valence-corrected chi connectivity index (χ1v) is 9.03. The Labute approximate surface area is 160 Å². The standard InChI is InChI=1S/C21H26N2O4/c1-4-23(5-2)14-15-27-21(25)16-10-12-17(13-11-16)22-20(24)18-8-6-7-9-19(18)26-3/h6-13H,4-5,14-15H2,1-3H3,(H,22,24). The minimum absolute atomic E-state index is 0.276. The summed E-state index contributed by atoms with van der Waals surface area (Å²) in [6.45, 7) is 7.06. The van der Waals surface area contributed by atoms with E-state index in [9.17, 15) is 9.59 Å². The molecule has 0 aromatic heterocycles. The fraction of sp³-hybridized carbons (Fsp3) is 0.333. The van der Waals surface area contributed by atoms with Crippen LogP contribution in [0.3, 0.4) is 0 Å². The van der Waals surface area contributed by atoms with Gasteiger partial charge in [0.15, 0.2) is 0 Å². The minimum Gasteiger partial charge on any atom is -0.496 e. The third kappa shape index (κ3) is 5.82. The van der Waals surface area contributed by atoms with Gasteiger partial charge in [-0.2, -0.15) is 0 Å². The van der Waals surface area contributed by atoms with E-state index < -0.39 is 0 Å². The van der Waals surface area contributed by atoms with Gasteiger partial charge in [-0.3, -0.25) is 4.79 Å². The maximum Gasteiger partial charge on any atom is 0.338 e. The van der Waals surface area contributed by atoms with E-state index in [1.807, 2.05) is 0 Å². The smallest absolute Gasteiger partial charge is 0.338 e. The predicted molar refractivity (Wildman–Crippen MR) is 105 cm³/mol. The summed E-state index contributed by atoms with van der Waals surface area (Å²) in [5.74, 6) is -0.143. The molecule has 0 heterocycles. The van der Waals surface area contributed by atoms with Crippen molar-refractivity contribution in [3.63, 3.8) is 0 Å². The molecule has 144 valence electrons. The molecule has 0 bridgehead atoms. The van der Waals surface area contributed by atoms with E-state index in [2.05, 4.69) is 24.1 Å². The number of carbonyl (C=O) groups excluding carboxylic acids is 2. The van der Waals surface area contributed by atoms with Crippen LogP contribution >= 0.6 is 0 Å². The predicted octanol–water partition coefficient (Wildman–Crippen LogP) is 3.45. The molecule has 0 saturated carbocycles. The summed E-state index contributed by atoms with van der Waals surface area (Å²) in [4.78, 5) is 26.7. The number of ether oxygens (including phenoxy) is 2. The zero-order chi connectivity index (χ0) is 19.6. The summed E-state index contributed by atoms with van der Waals surface area (Å²) < 4.78 is 10.5. The highest BCUT2D eigenvalue weighted by Crippen LogP contribution is 2.19. The first kappa shape index (κ1) is 20.5. The van der Waals surface area contributed by atoms with Gasteiger partial charge in [-0.1, -0.05) is 26.0 Å². The normalized spacial score (nSPS) is 10.5. The zero-order valence-electron chi connectivity index (χ0n) is 16.0. The fourth-order valence-corrected chi connectivity index (χ4v) is 2.61. The van der Waals surface area contributed by atoms with Gasteiger partial charge in [0.05, 0.1) is 18.2 Å². The number of anilines is 1. The molecule has 1 N–H and O–H groups in total. The topological polar surface area (TPSA) is 67.9 Å². The lowest BCUT2D eigenvalue weighted by molar-refractivity contribution is 0.0466. The van der Waals surface area contributed by atoms with Gasteiger partial charge in [0.2, 0.25) is 0 Å². The Morgan fingerprint density at radius 3 is 2.30 bits per heavy atom. The number of nitrogens with one attached hydrogen (secondary N) is 1. The average Bonchev–Trinajstić information content (AvgIpc) is 2.71. The van der Waals surface area contributed by atoms with Crippen molar-refractivity contribution in [3.8, 4) is 5.75 Å². The van der Waals surface area contributed by atoms with Crippen LogP contribution in [0.25, 0.3) is 0 Å². The molecule has 0 aliphatic carbocycles. The van der Waals surface area contributed by atoms with Crippen molar-refractivity contribution in [2.24, 2.45) is 0 Å². The Hall–Kier alpha value is -2.86. The number of carbonyl (C=O) groups is 2. The number of rotatable bonds is 9. The molecule has 27 heavy (non-hydrogen) atoms. The third-order valence-electron chi connectivity index (χ3n) is 4.27. The Morgan fingerprint density at radius 2 is 1.67 bits per heavy atom. The number of amides is 1. The number of likely N-dealkylation sites (N-methyl/N-ethyl adjacent to an activating group) is 1. The maximum absolute atomic E-state index is 12.4. The maximum atomic E-state index is 12.4. The average molecular weight is 370 g/mol. The summed E-state index contributed by atoms with van der Waals surface area (Å²) in [7, 11) is 1.52. The van der Waals surface area contributed by atoms with E-state index in [4.69, 9.17) is 9.47 Å². The van der Waals surface area contributed by atoms with Crippen molar-refractivity contribution in [1.82, 2.24) is 4.90 Å². The van der Waals surface area contributed by atoms with Crippen LogP contribution in [0.1, 0.15) is 34.6 Å². The molecule has 2 aromatic rings. The number of methoxy groups -OCH3 is 1. The van der Waals surface area contributed by atoms with Crippen LogP contribution in [0.2, 0.25) is 0 Å². The lowest BCUT2D eigenvalue weighted by atomic mass is 10.1. The number of hydrogen-bond acceptors (Lipinski definition) is 5. The molecule has 1 amide bonds. The van der Waals surface area contributed by atoms with Crippen LogP contribution in [-0.2, 0) is 4.74 Å². The summed E-state index contributed by atoms with van der Waals surface area (Å²) >= 11 is 0. The highest BCUT2D eigenvalue weighted by atomic mass is 16.5. The molecule has 2 rings (SSSR count). The molecule has 0 aliphatic rings. The largest absolute Gasteiger partial charge is 0.496 e. The molecule has 2 aromatic carbocycles. The Morgan fingerprint density at radius 1 is 1.00 bits per heavy atom. The van der Waals surface area contributed by atoms with Crippen molar-refractivity contribution >= 4 is 17.6 Å². The Bertz CT molecular complexity index is 755. The van der Waals surface area contributed by atoms with E-state index in [1.54, 1.807) is 48.5 Å². The highest BCUT2D eigenvalue weighted by Gasteiger charge is 2.12. The molecule has 0 unspecified atom stereocenters. The van der Waals surface area contributed by atoms with Crippen LogP contribution in [0.5, 0.6) is 5.75 Å². The first-order valence-electron chi connectivity index (χ1n) is 9.03. The lowest BCUT2D eigenvalue weighted by Gasteiger charge is -2.17. The second-order valence-electron chi connectivity index (χ2n) is 5.89. The van der Waals surface area contributed by atoms with Crippen LogP contribution in [0.15, 0.2) is 48.5 Å². The van der Waals surface area contributed by atoms with Crippen molar-refractivity contribution in [2.45, 2.75) is 13.8 Å². The number of para-hydroxylation sites is 1. The van der Waals surface area contributed by atoms with Crippen LogP contribution < -0.4 is 10.1 Å². The minimum atomic E-state index is -0.371. The molecule has 6 nitrogen and oxygen atoms in total. The second kappa shape index (κ2) is 10.3. The van der Waals surface area contributed by atoms with Gasteiger partial charge in [0.1, 0.15) is 12.4 Å². The number of hydrogen-bond donors (Lipinski definition) is 1. The second-order valence-corrected chi connectivity index (χ2v) is 5.89. The molecular weight excluding hydrogens is 344 g/mol. The first-order chi connectivity index (χ1) is 13.1. The summed E-state index contributed by atoms with van der Waals surface area (Å²) in [6, 6.07) is 13.6. The lowest BCUT2D eigenvalue weighted by Crippen LogP contribution is -2.27. The highest BCUT2D eigenvalue weighted by molar-refractivity contribution is 6.06. The Balaban J connectivity index is 1.92. The summed E-state index contributed by atoms with van der Waals surface area (Å²) in [5.41, 5.74) is 1.48. The van der Waals surface area contributed by atoms with Crippen LogP contribution in [0.4, 0.5) is 5.69 Å². The summed E-state index contributed by atoms with van der Waals surface area (Å²) in [6.07, 6.45) is 0. The molecule has 0 spiro atoms. The number of benzene rings is 2. The molecule has 0 radical (unpaired) electrons. The van der Waals surface area contributed by atoms with E-state index in [-0.39, 0.29) is 11.9 Å². The van der Waals surface area contributed by atoms with E-state index in [0.29, 0.717) is 35.7 Å². The Kier molecular flexibility index (Phi) is 7.82. The number of nitrogens with zero attached hydrogens (tertiary/aromatic N) is 1. The van der Waals surface area contributed by atoms with Crippen LogP contribution in [-0.4, -0.2) is 50.1 Å². The molecule has 0 fully saturated rings. The van der Waals surface area contributed by atoms with Crippen LogP contribution in [0, 0.1) is 0 Å². The van der Waals surface area contributed by atoms with E-state index >= 15 is 0 Å². The molecule has 6 heteroatoms. The molecular formula is C21H26N2O4. The van der Waals surface area contributed by atoms with Gasteiger partial charge in [-0.15, -0.1) is 0 Å². The molecule has 0 saturated heterocycles.